The zero-order valence-corrected chi connectivity index (χ0v) is 14.3. The number of nitrogens with one attached hydrogen (secondary N) is 1. The van der Waals surface area contributed by atoms with Gasteiger partial charge in [0, 0.05) is 18.9 Å². The van der Waals surface area contributed by atoms with Gasteiger partial charge in [-0.25, -0.2) is 0 Å². The van der Waals surface area contributed by atoms with E-state index in [0.29, 0.717) is 24.7 Å². The molecule has 0 saturated heterocycles. The number of hydrogen-bond donors (Lipinski definition) is 1. The van der Waals surface area contributed by atoms with Crippen molar-refractivity contribution >= 4 is 11.6 Å². The van der Waals surface area contributed by atoms with E-state index < -0.39 is 0 Å². The van der Waals surface area contributed by atoms with Crippen molar-refractivity contribution in [3.05, 3.63) is 53.6 Å². The van der Waals surface area contributed by atoms with Gasteiger partial charge in [0.05, 0.1) is 6.61 Å². The lowest BCUT2D eigenvalue weighted by atomic mass is 10.1. The molecule has 0 saturated carbocycles. The number of carbonyl (C=O) groups excluding carboxylic acids is 1. The molecule has 0 heterocycles. The molecule has 0 radical (unpaired) electrons. The lowest BCUT2D eigenvalue weighted by Crippen LogP contribution is -2.20. The van der Waals surface area contributed by atoms with Gasteiger partial charge in [-0.05, 0) is 37.1 Å². The molecule has 0 spiro atoms. The molecule has 128 valence electrons. The quantitative estimate of drug-likeness (QED) is 0.755. The minimum atomic E-state index is -0.216. The van der Waals surface area contributed by atoms with Crippen LogP contribution >= 0.6 is 0 Å². The number of anilines is 1. The molecule has 0 aliphatic rings. The van der Waals surface area contributed by atoms with Crippen LogP contribution in [0, 0.1) is 13.8 Å². The molecule has 0 fully saturated rings. The van der Waals surface area contributed by atoms with E-state index in [1.54, 1.807) is 19.2 Å². The SMILES string of the molecule is COCCOc1cccc(NC(=O)COc2c(C)cccc2C)c1. The second kappa shape index (κ2) is 8.93. The molecule has 5 heteroatoms. The highest BCUT2D eigenvalue weighted by atomic mass is 16.5. The van der Waals surface area contributed by atoms with E-state index in [1.165, 1.54) is 0 Å². The van der Waals surface area contributed by atoms with Crippen LogP contribution in [0.3, 0.4) is 0 Å². The number of ether oxygens (including phenoxy) is 3. The number of aryl methyl sites for hydroxylation is 2. The standard InChI is InChI=1S/C19H23NO4/c1-14-6-4-7-15(2)19(14)24-13-18(21)20-16-8-5-9-17(12-16)23-11-10-22-3/h4-9,12H,10-11,13H2,1-3H3,(H,20,21). The van der Waals surface area contributed by atoms with Crippen molar-refractivity contribution in [1.82, 2.24) is 0 Å². The fraction of sp³-hybridized carbons (Fsp3) is 0.316. The molecule has 0 bridgehead atoms. The van der Waals surface area contributed by atoms with Gasteiger partial charge in [-0.15, -0.1) is 0 Å². The molecule has 0 atom stereocenters. The van der Waals surface area contributed by atoms with Crippen molar-refractivity contribution in [2.45, 2.75) is 13.8 Å². The van der Waals surface area contributed by atoms with Gasteiger partial charge in [-0.2, -0.15) is 0 Å². The first kappa shape index (κ1) is 17.8. The molecule has 2 rings (SSSR count). The Bertz CT molecular complexity index is 665. The number of methoxy groups -OCH3 is 1. The molecule has 1 N–H and O–H groups in total. The lowest BCUT2D eigenvalue weighted by molar-refractivity contribution is -0.118. The topological polar surface area (TPSA) is 56.8 Å². The highest BCUT2D eigenvalue weighted by molar-refractivity contribution is 5.92. The van der Waals surface area contributed by atoms with E-state index in [2.05, 4.69) is 5.32 Å². The Hall–Kier alpha value is -2.53. The normalized spacial score (nSPS) is 10.3. The van der Waals surface area contributed by atoms with E-state index in [0.717, 1.165) is 16.9 Å². The lowest BCUT2D eigenvalue weighted by Gasteiger charge is -2.12. The smallest absolute Gasteiger partial charge is 0.262 e. The Morgan fingerprint density at radius 1 is 1.00 bits per heavy atom. The van der Waals surface area contributed by atoms with Crippen LogP contribution in [0.2, 0.25) is 0 Å². The van der Waals surface area contributed by atoms with Crippen molar-refractivity contribution in [2.24, 2.45) is 0 Å². The largest absolute Gasteiger partial charge is 0.491 e. The van der Waals surface area contributed by atoms with Gasteiger partial charge < -0.3 is 19.5 Å². The molecule has 2 aromatic rings. The number of carbonyl (C=O) groups is 1. The molecule has 1 amide bonds. The monoisotopic (exact) mass is 329 g/mol. The first-order chi connectivity index (χ1) is 11.6. The molecule has 2 aromatic carbocycles. The summed E-state index contributed by atoms with van der Waals surface area (Å²) in [4.78, 5) is 12.1. The summed E-state index contributed by atoms with van der Waals surface area (Å²) in [6.07, 6.45) is 0. The van der Waals surface area contributed by atoms with Gasteiger partial charge >= 0.3 is 0 Å². The second-order valence-corrected chi connectivity index (χ2v) is 5.43. The maximum atomic E-state index is 12.1. The summed E-state index contributed by atoms with van der Waals surface area (Å²) in [5.41, 5.74) is 2.69. The summed E-state index contributed by atoms with van der Waals surface area (Å²) in [5.74, 6) is 1.22. The third-order valence-corrected chi connectivity index (χ3v) is 3.43. The average Bonchev–Trinajstić information content (AvgIpc) is 2.55. The summed E-state index contributed by atoms with van der Waals surface area (Å²) in [6.45, 7) is 4.85. The summed E-state index contributed by atoms with van der Waals surface area (Å²) in [6, 6.07) is 13.1. The van der Waals surface area contributed by atoms with Crippen LogP contribution in [0.4, 0.5) is 5.69 Å². The van der Waals surface area contributed by atoms with E-state index in [4.69, 9.17) is 14.2 Å². The highest BCUT2D eigenvalue weighted by Crippen LogP contribution is 2.22. The predicted octanol–water partition coefficient (Wildman–Crippen LogP) is 3.35. The highest BCUT2D eigenvalue weighted by Gasteiger charge is 2.08. The van der Waals surface area contributed by atoms with Crippen molar-refractivity contribution in [3.63, 3.8) is 0 Å². The van der Waals surface area contributed by atoms with Gasteiger partial charge in [0.25, 0.3) is 5.91 Å². The van der Waals surface area contributed by atoms with Crippen LogP contribution in [-0.2, 0) is 9.53 Å². The van der Waals surface area contributed by atoms with Crippen LogP contribution in [0.15, 0.2) is 42.5 Å². The molecule has 24 heavy (non-hydrogen) atoms. The first-order valence-electron chi connectivity index (χ1n) is 7.81. The maximum Gasteiger partial charge on any atom is 0.262 e. The maximum absolute atomic E-state index is 12.1. The minimum absolute atomic E-state index is 0.0412. The number of rotatable bonds is 8. The number of amides is 1. The molecule has 0 unspecified atom stereocenters. The molecular weight excluding hydrogens is 306 g/mol. The third kappa shape index (κ3) is 5.28. The number of benzene rings is 2. The zero-order valence-electron chi connectivity index (χ0n) is 14.3. The van der Waals surface area contributed by atoms with Crippen molar-refractivity contribution in [3.8, 4) is 11.5 Å². The van der Waals surface area contributed by atoms with Crippen molar-refractivity contribution in [1.29, 1.82) is 0 Å². The van der Waals surface area contributed by atoms with Crippen LogP contribution in [0.1, 0.15) is 11.1 Å². The van der Waals surface area contributed by atoms with E-state index in [9.17, 15) is 4.79 Å². The van der Waals surface area contributed by atoms with Gasteiger partial charge in [0.1, 0.15) is 18.1 Å². The Morgan fingerprint density at radius 3 is 2.42 bits per heavy atom. The third-order valence-electron chi connectivity index (χ3n) is 3.43. The molecular formula is C19H23NO4. The molecule has 5 nitrogen and oxygen atoms in total. The fourth-order valence-electron chi connectivity index (χ4n) is 2.27. The average molecular weight is 329 g/mol. The number of para-hydroxylation sites is 1. The first-order valence-corrected chi connectivity index (χ1v) is 7.81. The number of hydrogen-bond acceptors (Lipinski definition) is 4. The van der Waals surface area contributed by atoms with Gasteiger partial charge in [-0.3, -0.25) is 4.79 Å². The Labute approximate surface area is 142 Å². The molecule has 0 aliphatic carbocycles. The van der Waals surface area contributed by atoms with Gasteiger partial charge in [0.15, 0.2) is 6.61 Å². The fourth-order valence-corrected chi connectivity index (χ4v) is 2.27. The van der Waals surface area contributed by atoms with E-state index >= 15 is 0 Å². The van der Waals surface area contributed by atoms with Gasteiger partial charge in [-0.1, -0.05) is 24.3 Å². The summed E-state index contributed by atoms with van der Waals surface area (Å²) in [7, 11) is 1.62. The van der Waals surface area contributed by atoms with E-state index in [1.807, 2.05) is 44.2 Å². The van der Waals surface area contributed by atoms with Crippen molar-refractivity contribution < 1.29 is 19.0 Å². The predicted molar refractivity (Wildman–Crippen MR) is 93.9 cm³/mol. The summed E-state index contributed by atoms with van der Waals surface area (Å²) in [5, 5.41) is 2.81. The van der Waals surface area contributed by atoms with Crippen LogP contribution in [-0.4, -0.2) is 32.8 Å². The Balaban J connectivity index is 1.89. The summed E-state index contributed by atoms with van der Waals surface area (Å²) >= 11 is 0. The Kier molecular flexibility index (Phi) is 6.63. The zero-order chi connectivity index (χ0) is 17.4. The van der Waals surface area contributed by atoms with Gasteiger partial charge in [0.2, 0.25) is 0 Å². The second-order valence-electron chi connectivity index (χ2n) is 5.43. The molecule has 0 aromatic heterocycles. The minimum Gasteiger partial charge on any atom is -0.491 e. The van der Waals surface area contributed by atoms with Crippen LogP contribution in [0.5, 0.6) is 11.5 Å². The Morgan fingerprint density at radius 2 is 1.71 bits per heavy atom. The van der Waals surface area contributed by atoms with Crippen LogP contribution < -0.4 is 14.8 Å². The van der Waals surface area contributed by atoms with Crippen molar-refractivity contribution in [2.75, 3.05) is 32.2 Å². The summed E-state index contributed by atoms with van der Waals surface area (Å²) < 4.78 is 16.1. The van der Waals surface area contributed by atoms with Crippen LogP contribution in [0.25, 0.3) is 0 Å². The van der Waals surface area contributed by atoms with E-state index in [-0.39, 0.29) is 12.5 Å². The molecule has 0 aliphatic heterocycles.